The van der Waals surface area contributed by atoms with E-state index in [1.807, 2.05) is 6.07 Å². The molecule has 1 atom stereocenters. The Hall–Kier alpha value is -1.39. The summed E-state index contributed by atoms with van der Waals surface area (Å²) in [4.78, 5) is 4.74. The highest BCUT2D eigenvalue weighted by atomic mass is 16.5. The summed E-state index contributed by atoms with van der Waals surface area (Å²) in [5, 5.41) is 3.60. The zero-order valence-electron chi connectivity index (χ0n) is 11.6. The minimum absolute atomic E-state index is 0.0940. The molecule has 0 aliphatic carbocycles. The third kappa shape index (κ3) is 2.38. The summed E-state index contributed by atoms with van der Waals surface area (Å²) in [5.41, 5.74) is 2.39. The van der Waals surface area contributed by atoms with Crippen LogP contribution in [0.3, 0.4) is 0 Å². The first-order chi connectivity index (χ1) is 9.22. The maximum absolute atomic E-state index is 5.47. The van der Waals surface area contributed by atoms with Crippen LogP contribution in [0.5, 0.6) is 0 Å². The monoisotopic (exact) mass is 259 g/mol. The molecule has 1 aliphatic heterocycles. The van der Waals surface area contributed by atoms with Crippen LogP contribution in [-0.4, -0.2) is 28.3 Å². The maximum Gasteiger partial charge on any atom is 0.123 e. The summed E-state index contributed by atoms with van der Waals surface area (Å²) in [6.07, 6.45) is 1.07. The van der Waals surface area contributed by atoms with Gasteiger partial charge in [-0.1, -0.05) is 12.1 Å². The molecule has 1 aromatic carbocycles. The van der Waals surface area contributed by atoms with Crippen molar-refractivity contribution in [3.63, 3.8) is 0 Å². The van der Waals surface area contributed by atoms with Crippen LogP contribution in [-0.2, 0) is 17.8 Å². The molecule has 102 valence electrons. The number of nitrogens with zero attached hydrogens (tertiary/aromatic N) is 2. The molecule has 0 spiro atoms. The van der Waals surface area contributed by atoms with Crippen molar-refractivity contribution in [1.29, 1.82) is 0 Å². The molecular weight excluding hydrogens is 238 g/mol. The Labute approximate surface area is 113 Å². The van der Waals surface area contributed by atoms with E-state index < -0.39 is 0 Å². The van der Waals surface area contributed by atoms with Gasteiger partial charge in [-0.25, -0.2) is 4.98 Å². The summed E-state index contributed by atoms with van der Waals surface area (Å²) in [5.74, 6) is 1.11. The number of imidazole rings is 1. The Kier molecular flexibility index (Phi) is 3.29. The third-order valence-electron chi connectivity index (χ3n) is 3.94. The third-order valence-corrected chi connectivity index (χ3v) is 3.94. The fourth-order valence-corrected chi connectivity index (χ4v) is 2.71. The second-order valence-corrected chi connectivity index (χ2v) is 5.48. The quantitative estimate of drug-likeness (QED) is 0.916. The van der Waals surface area contributed by atoms with Crippen molar-refractivity contribution in [2.24, 2.45) is 0 Å². The minimum Gasteiger partial charge on any atom is -0.379 e. The van der Waals surface area contributed by atoms with Crippen LogP contribution < -0.4 is 5.32 Å². The van der Waals surface area contributed by atoms with E-state index in [9.17, 15) is 0 Å². The van der Waals surface area contributed by atoms with E-state index in [0.29, 0.717) is 0 Å². The summed E-state index contributed by atoms with van der Waals surface area (Å²) in [6.45, 7) is 7.77. The lowest BCUT2D eigenvalue weighted by molar-refractivity contribution is 0.171. The zero-order chi connectivity index (χ0) is 13.3. The Morgan fingerprint density at radius 2 is 2.26 bits per heavy atom. The van der Waals surface area contributed by atoms with Crippen molar-refractivity contribution in [3.8, 4) is 0 Å². The molecule has 3 rings (SSSR count). The van der Waals surface area contributed by atoms with Gasteiger partial charge in [0.2, 0.25) is 0 Å². The number of benzene rings is 1. The van der Waals surface area contributed by atoms with E-state index in [1.54, 1.807) is 0 Å². The van der Waals surface area contributed by atoms with E-state index in [-0.39, 0.29) is 5.54 Å². The Balaban J connectivity index is 1.84. The van der Waals surface area contributed by atoms with E-state index in [2.05, 4.69) is 41.9 Å². The second kappa shape index (κ2) is 4.94. The van der Waals surface area contributed by atoms with Crippen LogP contribution in [0.25, 0.3) is 11.0 Å². The topological polar surface area (TPSA) is 39.1 Å². The lowest BCUT2D eigenvalue weighted by atomic mass is 10.0. The van der Waals surface area contributed by atoms with E-state index in [4.69, 9.17) is 9.72 Å². The fourth-order valence-electron chi connectivity index (χ4n) is 2.71. The zero-order valence-corrected chi connectivity index (χ0v) is 11.6. The Morgan fingerprint density at radius 3 is 3.00 bits per heavy atom. The first-order valence-electron chi connectivity index (χ1n) is 6.99. The molecule has 1 aromatic heterocycles. The van der Waals surface area contributed by atoms with Gasteiger partial charge >= 0.3 is 0 Å². The van der Waals surface area contributed by atoms with Gasteiger partial charge in [-0.05, 0) is 32.4 Å². The van der Waals surface area contributed by atoms with Crippen molar-refractivity contribution in [1.82, 2.24) is 14.9 Å². The molecule has 4 heteroatoms. The van der Waals surface area contributed by atoms with Gasteiger partial charge in [0.15, 0.2) is 0 Å². The van der Waals surface area contributed by atoms with Gasteiger partial charge in [0, 0.05) is 18.7 Å². The number of hydrogen-bond acceptors (Lipinski definition) is 3. The van der Waals surface area contributed by atoms with Crippen molar-refractivity contribution in [2.75, 3.05) is 13.2 Å². The molecule has 0 amide bonds. The van der Waals surface area contributed by atoms with Gasteiger partial charge in [-0.3, -0.25) is 0 Å². The van der Waals surface area contributed by atoms with Gasteiger partial charge in [-0.15, -0.1) is 0 Å². The molecule has 0 radical (unpaired) electrons. The number of rotatable bonds is 4. The summed E-state index contributed by atoms with van der Waals surface area (Å²) in [7, 11) is 0. The highest BCUT2D eigenvalue weighted by molar-refractivity contribution is 5.75. The Morgan fingerprint density at radius 1 is 1.42 bits per heavy atom. The van der Waals surface area contributed by atoms with Crippen LogP contribution >= 0.6 is 0 Å². The SMILES string of the molecule is CCn1c(CNC2(C)CCOC2)nc2ccccc21. The first-order valence-corrected chi connectivity index (χ1v) is 6.99. The van der Waals surface area contributed by atoms with Gasteiger partial charge in [0.05, 0.1) is 24.2 Å². The number of aromatic nitrogens is 2. The van der Waals surface area contributed by atoms with E-state index in [1.165, 1.54) is 5.52 Å². The molecule has 1 aliphatic rings. The highest BCUT2D eigenvalue weighted by Crippen LogP contribution is 2.20. The number of hydrogen-bond donors (Lipinski definition) is 1. The molecule has 1 fully saturated rings. The molecule has 19 heavy (non-hydrogen) atoms. The lowest BCUT2D eigenvalue weighted by Crippen LogP contribution is -2.42. The largest absolute Gasteiger partial charge is 0.379 e. The van der Waals surface area contributed by atoms with Crippen LogP contribution in [0, 0.1) is 0 Å². The van der Waals surface area contributed by atoms with Gasteiger partial charge in [0.1, 0.15) is 5.82 Å². The molecule has 2 heterocycles. The number of nitrogens with one attached hydrogen (secondary N) is 1. The first kappa shape index (κ1) is 12.6. The van der Waals surface area contributed by atoms with Crippen molar-refractivity contribution in [3.05, 3.63) is 30.1 Å². The van der Waals surface area contributed by atoms with Gasteiger partial charge in [-0.2, -0.15) is 0 Å². The minimum atomic E-state index is 0.0940. The fraction of sp³-hybridized carbons (Fsp3) is 0.533. The molecule has 1 saturated heterocycles. The molecule has 0 saturated carbocycles. The van der Waals surface area contributed by atoms with Crippen molar-refractivity contribution < 1.29 is 4.74 Å². The Bertz CT molecular complexity index is 570. The summed E-state index contributed by atoms with van der Waals surface area (Å²) >= 11 is 0. The van der Waals surface area contributed by atoms with Gasteiger partial charge in [0.25, 0.3) is 0 Å². The molecule has 1 N–H and O–H groups in total. The molecule has 0 bridgehead atoms. The van der Waals surface area contributed by atoms with Gasteiger partial charge < -0.3 is 14.6 Å². The average Bonchev–Trinajstić information content (AvgIpc) is 3.00. The molecule has 1 unspecified atom stereocenters. The molecule has 2 aromatic rings. The van der Waals surface area contributed by atoms with Crippen molar-refractivity contribution >= 4 is 11.0 Å². The normalized spacial score (nSPS) is 23.3. The highest BCUT2D eigenvalue weighted by Gasteiger charge is 2.29. The number of aryl methyl sites for hydroxylation is 1. The standard InChI is InChI=1S/C15H21N3O/c1-3-18-13-7-5-4-6-12(13)17-14(18)10-16-15(2)8-9-19-11-15/h4-7,16H,3,8-11H2,1-2H3. The summed E-state index contributed by atoms with van der Waals surface area (Å²) < 4.78 is 7.75. The van der Waals surface area contributed by atoms with E-state index in [0.717, 1.165) is 44.1 Å². The van der Waals surface area contributed by atoms with E-state index >= 15 is 0 Å². The van der Waals surface area contributed by atoms with Crippen LogP contribution in [0.4, 0.5) is 0 Å². The summed E-state index contributed by atoms with van der Waals surface area (Å²) in [6, 6.07) is 8.32. The van der Waals surface area contributed by atoms with Crippen LogP contribution in [0.2, 0.25) is 0 Å². The predicted octanol–water partition coefficient (Wildman–Crippen LogP) is 2.32. The smallest absolute Gasteiger partial charge is 0.123 e. The average molecular weight is 259 g/mol. The number of ether oxygens (including phenoxy) is 1. The van der Waals surface area contributed by atoms with Crippen molar-refractivity contribution in [2.45, 2.75) is 38.9 Å². The molecule has 4 nitrogen and oxygen atoms in total. The number of para-hydroxylation sites is 2. The van der Waals surface area contributed by atoms with Crippen LogP contribution in [0.1, 0.15) is 26.1 Å². The lowest BCUT2D eigenvalue weighted by Gasteiger charge is -2.23. The molecular formula is C15H21N3O. The van der Waals surface area contributed by atoms with Crippen LogP contribution in [0.15, 0.2) is 24.3 Å². The maximum atomic E-state index is 5.47. The predicted molar refractivity (Wildman–Crippen MR) is 76.1 cm³/mol. The second-order valence-electron chi connectivity index (χ2n) is 5.48. The number of fused-ring (bicyclic) bond motifs is 1.